The summed E-state index contributed by atoms with van der Waals surface area (Å²) < 4.78 is 37.1. The van der Waals surface area contributed by atoms with Crippen molar-refractivity contribution in [1.82, 2.24) is 10.6 Å². The summed E-state index contributed by atoms with van der Waals surface area (Å²) >= 11 is 9.33. The fourth-order valence-electron chi connectivity index (χ4n) is 1.59. The molecule has 3 nitrogen and oxygen atoms in total. The van der Waals surface area contributed by atoms with Crippen LogP contribution in [0.2, 0.25) is 5.02 Å². The first-order valence-corrected chi connectivity index (χ1v) is 7.44. The van der Waals surface area contributed by atoms with Gasteiger partial charge in [0.1, 0.15) is 0 Å². The molecule has 0 bridgehead atoms. The first-order chi connectivity index (χ1) is 9.81. The van der Waals surface area contributed by atoms with E-state index >= 15 is 0 Å². The molecule has 0 fully saturated rings. The molecule has 0 amide bonds. The molecule has 22 heavy (non-hydrogen) atoms. The van der Waals surface area contributed by atoms with Crippen LogP contribution in [-0.4, -0.2) is 32.3 Å². The lowest BCUT2D eigenvalue weighted by Gasteiger charge is -2.13. The molecule has 0 aromatic heterocycles. The molecule has 9 heteroatoms. The van der Waals surface area contributed by atoms with E-state index in [1.165, 1.54) is 7.05 Å². The number of aliphatic imine (C=N–C) groups is 1. The molecule has 0 radical (unpaired) electrons. The van der Waals surface area contributed by atoms with E-state index in [1.54, 1.807) is 6.07 Å². The zero-order valence-electron chi connectivity index (χ0n) is 11.8. The van der Waals surface area contributed by atoms with Crippen molar-refractivity contribution < 1.29 is 13.2 Å². The second kappa shape index (κ2) is 10.5. The Labute approximate surface area is 158 Å². The number of alkyl halides is 3. The molecule has 0 aliphatic heterocycles. The first kappa shape index (κ1) is 21.8. The molecule has 0 aliphatic rings. The Bertz CT molecular complexity index is 498. The molecule has 126 valence electrons. The van der Waals surface area contributed by atoms with Crippen molar-refractivity contribution in [1.29, 1.82) is 0 Å². The molecule has 0 saturated carbocycles. The van der Waals surface area contributed by atoms with Crippen LogP contribution in [0.1, 0.15) is 12.0 Å². The molecule has 1 rings (SSSR count). The van der Waals surface area contributed by atoms with Crippen LogP contribution in [-0.2, 0) is 6.42 Å². The normalized spacial score (nSPS) is 11.8. The number of hydrogen-bond acceptors (Lipinski definition) is 1. The summed E-state index contributed by atoms with van der Waals surface area (Å²) in [5.41, 5.74) is 1.01. The van der Waals surface area contributed by atoms with Crippen LogP contribution in [0.4, 0.5) is 13.2 Å². The van der Waals surface area contributed by atoms with Gasteiger partial charge in [0, 0.05) is 29.6 Å². The van der Waals surface area contributed by atoms with Crippen molar-refractivity contribution in [2.45, 2.75) is 19.0 Å². The summed E-state index contributed by atoms with van der Waals surface area (Å²) in [7, 11) is 1.51. The van der Waals surface area contributed by atoms with Crippen molar-refractivity contribution >= 4 is 57.5 Å². The highest BCUT2D eigenvalue weighted by atomic mass is 127. The number of nitrogens with one attached hydrogen (secondary N) is 2. The van der Waals surface area contributed by atoms with Crippen molar-refractivity contribution in [3.63, 3.8) is 0 Å². The van der Waals surface area contributed by atoms with Crippen LogP contribution in [0.25, 0.3) is 0 Å². The third kappa shape index (κ3) is 9.04. The first-order valence-electron chi connectivity index (χ1n) is 6.27. The van der Waals surface area contributed by atoms with Crippen LogP contribution in [0.3, 0.4) is 0 Å². The molecule has 1 aromatic rings. The Hall–Kier alpha value is -0.220. The highest BCUT2D eigenvalue weighted by Gasteiger charge is 2.26. The molecule has 0 heterocycles. The van der Waals surface area contributed by atoms with Gasteiger partial charge in [-0.1, -0.05) is 27.5 Å². The topological polar surface area (TPSA) is 36.4 Å². The van der Waals surface area contributed by atoms with E-state index in [2.05, 4.69) is 31.6 Å². The number of guanidine groups is 1. The summed E-state index contributed by atoms with van der Waals surface area (Å²) in [4.78, 5) is 3.87. The van der Waals surface area contributed by atoms with E-state index in [0.717, 1.165) is 10.0 Å². The Kier molecular flexibility index (Phi) is 10.4. The van der Waals surface area contributed by atoms with Crippen LogP contribution in [0, 0.1) is 0 Å². The lowest BCUT2D eigenvalue weighted by atomic mass is 10.1. The second-order valence-electron chi connectivity index (χ2n) is 4.28. The summed E-state index contributed by atoms with van der Waals surface area (Å²) in [6, 6.07) is 5.47. The maximum absolute atomic E-state index is 12.0. The van der Waals surface area contributed by atoms with Crippen LogP contribution in [0.15, 0.2) is 27.7 Å². The molecule has 0 spiro atoms. The monoisotopic (exact) mass is 513 g/mol. The van der Waals surface area contributed by atoms with E-state index in [1.807, 2.05) is 12.1 Å². The minimum absolute atomic E-state index is 0. The SMILES string of the molecule is CN=C(NCCc1cc(Cl)ccc1Br)NCCC(F)(F)F.I. The van der Waals surface area contributed by atoms with Gasteiger partial charge in [-0.2, -0.15) is 13.2 Å². The van der Waals surface area contributed by atoms with Gasteiger partial charge in [-0.15, -0.1) is 24.0 Å². The van der Waals surface area contributed by atoms with Gasteiger partial charge in [-0.05, 0) is 30.2 Å². The van der Waals surface area contributed by atoms with Gasteiger partial charge in [-0.3, -0.25) is 4.99 Å². The summed E-state index contributed by atoms with van der Waals surface area (Å²) in [6.07, 6.45) is -4.40. The van der Waals surface area contributed by atoms with Gasteiger partial charge < -0.3 is 10.6 Å². The smallest absolute Gasteiger partial charge is 0.356 e. The fraction of sp³-hybridized carbons (Fsp3) is 0.462. The van der Waals surface area contributed by atoms with Crippen LogP contribution < -0.4 is 10.6 Å². The molecule has 2 N–H and O–H groups in total. The molecule has 0 aliphatic carbocycles. The zero-order chi connectivity index (χ0) is 15.9. The largest absolute Gasteiger partial charge is 0.390 e. The number of rotatable bonds is 5. The van der Waals surface area contributed by atoms with E-state index in [0.29, 0.717) is 23.9 Å². The Morgan fingerprint density at radius 2 is 1.91 bits per heavy atom. The summed E-state index contributed by atoms with van der Waals surface area (Å²) in [6.45, 7) is 0.328. The number of nitrogens with zero attached hydrogens (tertiary/aromatic N) is 1. The zero-order valence-corrected chi connectivity index (χ0v) is 16.5. The molecule has 0 saturated heterocycles. The Morgan fingerprint density at radius 1 is 1.27 bits per heavy atom. The van der Waals surface area contributed by atoms with E-state index in [-0.39, 0.29) is 30.5 Å². The highest BCUT2D eigenvalue weighted by molar-refractivity contribution is 14.0. The average Bonchev–Trinajstić information content (AvgIpc) is 2.39. The summed E-state index contributed by atoms with van der Waals surface area (Å²) in [5.74, 6) is 0.345. The molecular formula is C13H17BrClF3IN3. The van der Waals surface area contributed by atoms with Crippen molar-refractivity contribution in [3.05, 3.63) is 33.3 Å². The lowest BCUT2D eigenvalue weighted by molar-refractivity contribution is -0.132. The highest BCUT2D eigenvalue weighted by Crippen LogP contribution is 2.21. The van der Waals surface area contributed by atoms with Gasteiger partial charge in [0.2, 0.25) is 0 Å². The predicted octanol–water partition coefficient (Wildman–Crippen LogP) is 4.38. The molecule has 1 aromatic carbocycles. The minimum atomic E-state index is -4.17. The minimum Gasteiger partial charge on any atom is -0.356 e. The van der Waals surface area contributed by atoms with Gasteiger partial charge in [0.25, 0.3) is 0 Å². The predicted molar refractivity (Wildman–Crippen MR) is 98.3 cm³/mol. The molecular weight excluding hydrogens is 497 g/mol. The maximum Gasteiger partial charge on any atom is 0.390 e. The quantitative estimate of drug-likeness (QED) is 0.348. The molecule has 0 unspecified atom stereocenters. The standard InChI is InChI=1S/C13H16BrClF3N3.HI/c1-19-12(21-7-5-13(16,17)18)20-6-4-9-8-10(15)2-3-11(9)14;/h2-3,8H,4-7H2,1H3,(H2,19,20,21);1H. The summed E-state index contributed by atoms with van der Waals surface area (Å²) in [5, 5.41) is 6.22. The maximum atomic E-state index is 12.0. The van der Waals surface area contributed by atoms with Gasteiger partial charge in [-0.25, -0.2) is 0 Å². The van der Waals surface area contributed by atoms with E-state index < -0.39 is 12.6 Å². The fourth-order valence-corrected chi connectivity index (χ4v) is 2.23. The second-order valence-corrected chi connectivity index (χ2v) is 5.57. The Morgan fingerprint density at radius 3 is 2.50 bits per heavy atom. The van der Waals surface area contributed by atoms with Crippen LogP contribution >= 0.6 is 51.5 Å². The molecule has 0 atom stereocenters. The van der Waals surface area contributed by atoms with Gasteiger partial charge in [0.05, 0.1) is 6.42 Å². The van der Waals surface area contributed by atoms with Crippen molar-refractivity contribution in [3.8, 4) is 0 Å². The van der Waals surface area contributed by atoms with Crippen LogP contribution in [0.5, 0.6) is 0 Å². The number of benzene rings is 1. The van der Waals surface area contributed by atoms with E-state index in [4.69, 9.17) is 11.6 Å². The van der Waals surface area contributed by atoms with Crippen molar-refractivity contribution in [2.24, 2.45) is 4.99 Å². The lowest BCUT2D eigenvalue weighted by Crippen LogP contribution is -2.39. The third-order valence-electron chi connectivity index (χ3n) is 2.62. The average molecular weight is 515 g/mol. The van der Waals surface area contributed by atoms with E-state index in [9.17, 15) is 13.2 Å². The van der Waals surface area contributed by atoms with Gasteiger partial charge in [0.15, 0.2) is 5.96 Å². The Balaban J connectivity index is 0.00000441. The van der Waals surface area contributed by atoms with Gasteiger partial charge >= 0.3 is 6.18 Å². The third-order valence-corrected chi connectivity index (χ3v) is 3.63. The number of halogens is 6. The van der Waals surface area contributed by atoms with Crippen molar-refractivity contribution in [2.75, 3.05) is 20.1 Å². The number of hydrogen-bond donors (Lipinski definition) is 2.